The summed E-state index contributed by atoms with van der Waals surface area (Å²) in [6.45, 7) is 1.03. The molecule has 0 saturated heterocycles. The lowest BCUT2D eigenvalue weighted by atomic mass is 10.2. The summed E-state index contributed by atoms with van der Waals surface area (Å²) in [7, 11) is 1.67. The predicted molar refractivity (Wildman–Crippen MR) is 60.3 cm³/mol. The molecule has 16 heavy (non-hydrogen) atoms. The molecule has 0 radical (unpaired) electrons. The number of aromatic nitrogens is 3. The Morgan fingerprint density at radius 1 is 1.19 bits per heavy atom. The minimum Gasteiger partial charge on any atom is -0.497 e. The Morgan fingerprint density at radius 2 is 2.00 bits per heavy atom. The van der Waals surface area contributed by atoms with Crippen LogP contribution in [0.1, 0.15) is 12.2 Å². The van der Waals surface area contributed by atoms with Crippen LogP contribution in [0.15, 0.2) is 24.3 Å². The Morgan fingerprint density at radius 3 is 2.75 bits per heavy atom. The normalized spacial score (nSPS) is 13.8. The fraction of sp³-hybridized carbons (Fsp3) is 0.333. The van der Waals surface area contributed by atoms with Crippen LogP contribution < -0.4 is 4.74 Å². The molecule has 1 aromatic heterocycles. The molecule has 3 rings (SSSR count). The van der Waals surface area contributed by atoms with Crippen molar-refractivity contribution in [3.8, 4) is 17.1 Å². The first-order chi connectivity index (χ1) is 7.88. The van der Waals surface area contributed by atoms with E-state index in [1.807, 2.05) is 24.3 Å². The summed E-state index contributed by atoms with van der Waals surface area (Å²) < 4.78 is 7.33. The summed E-state index contributed by atoms with van der Waals surface area (Å²) in [6.07, 6.45) is 2.22. The zero-order valence-electron chi connectivity index (χ0n) is 9.18. The summed E-state index contributed by atoms with van der Waals surface area (Å²) >= 11 is 0. The van der Waals surface area contributed by atoms with Gasteiger partial charge in [0.1, 0.15) is 11.6 Å². The molecule has 2 aromatic rings. The van der Waals surface area contributed by atoms with Crippen molar-refractivity contribution in [3.63, 3.8) is 0 Å². The van der Waals surface area contributed by atoms with E-state index in [-0.39, 0.29) is 0 Å². The lowest BCUT2D eigenvalue weighted by Crippen LogP contribution is -1.96. The summed E-state index contributed by atoms with van der Waals surface area (Å²) in [5.41, 5.74) is 1.10. The van der Waals surface area contributed by atoms with E-state index < -0.39 is 0 Å². The topological polar surface area (TPSA) is 39.9 Å². The molecular weight excluding hydrogens is 202 g/mol. The lowest BCUT2D eigenvalue weighted by Gasteiger charge is -2.04. The van der Waals surface area contributed by atoms with Crippen molar-refractivity contribution in [2.75, 3.05) is 7.11 Å². The molecule has 0 fully saturated rings. The van der Waals surface area contributed by atoms with Gasteiger partial charge in [-0.05, 0) is 30.7 Å². The van der Waals surface area contributed by atoms with Crippen molar-refractivity contribution in [2.45, 2.75) is 19.4 Å². The zero-order chi connectivity index (χ0) is 11.0. The predicted octanol–water partition coefficient (Wildman–Crippen LogP) is 1.90. The van der Waals surface area contributed by atoms with Gasteiger partial charge >= 0.3 is 0 Å². The molecular formula is C12H13N3O. The van der Waals surface area contributed by atoms with E-state index >= 15 is 0 Å². The molecule has 2 heterocycles. The SMILES string of the molecule is COc1ccc(-c2nnc3n2CCC3)cc1. The van der Waals surface area contributed by atoms with E-state index in [1.54, 1.807) is 7.11 Å². The molecule has 1 aliphatic heterocycles. The number of rotatable bonds is 2. The smallest absolute Gasteiger partial charge is 0.163 e. The quantitative estimate of drug-likeness (QED) is 0.768. The Labute approximate surface area is 93.9 Å². The lowest BCUT2D eigenvalue weighted by molar-refractivity contribution is 0.415. The highest BCUT2D eigenvalue weighted by Gasteiger charge is 2.17. The summed E-state index contributed by atoms with van der Waals surface area (Å²) in [6, 6.07) is 7.95. The van der Waals surface area contributed by atoms with Crippen LogP contribution in [0.2, 0.25) is 0 Å². The molecule has 0 atom stereocenters. The number of benzene rings is 1. The summed E-state index contributed by atoms with van der Waals surface area (Å²) in [4.78, 5) is 0. The first-order valence-electron chi connectivity index (χ1n) is 5.45. The Hall–Kier alpha value is -1.84. The highest BCUT2D eigenvalue weighted by Crippen LogP contribution is 2.24. The molecule has 0 aliphatic carbocycles. The molecule has 4 nitrogen and oxygen atoms in total. The maximum atomic E-state index is 5.14. The van der Waals surface area contributed by atoms with Crippen LogP contribution in [0.4, 0.5) is 0 Å². The van der Waals surface area contributed by atoms with E-state index in [9.17, 15) is 0 Å². The minimum absolute atomic E-state index is 0.866. The van der Waals surface area contributed by atoms with E-state index in [0.29, 0.717) is 0 Å². The van der Waals surface area contributed by atoms with Gasteiger partial charge in [-0.15, -0.1) is 10.2 Å². The maximum Gasteiger partial charge on any atom is 0.163 e. The van der Waals surface area contributed by atoms with E-state index in [1.165, 1.54) is 6.42 Å². The van der Waals surface area contributed by atoms with E-state index in [2.05, 4.69) is 14.8 Å². The average molecular weight is 215 g/mol. The average Bonchev–Trinajstić information content (AvgIpc) is 2.91. The van der Waals surface area contributed by atoms with Gasteiger partial charge in [-0.2, -0.15) is 0 Å². The first kappa shape index (κ1) is 9.39. The molecule has 1 aliphatic rings. The van der Waals surface area contributed by atoms with Crippen LogP contribution in [0.5, 0.6) is 5.75 Å². The summed E-state index contributed by atoms with van der Waals surface area (Å²) in [5.74, 6) is 2.94. The van der Waals surface area contributed by atoms with Crippen LogP contribution >= 0.6 is 0 Å². The van der Waals surface area contributed by atoms with Crippen LogP contribution in [-0.2, 0) is 13.0 Å². The molecule has 0 spiro atoms. The number of hydrogen-bond donors (Lipinski definition) is 0. The second-order valence-corrected chi connectivity index (χ2v) is 3.92. The molecule has 0 N–H and O–H groups in total. The molecule has 0 unspecified atom stereocenters. The maximum absolute atomic E-state index is 5.14. The number of methoxy groups -OCH3 is 1. The fourth-order valence-corrected chi connectivity index (χ4v) is 2.10. The largest absolute Gasteiger partial charge is 0.497 e. The van der Waals surface area contributed by atoms with E-state index in [4.69, 9.17) is 4.74 Å². The van der Waals surface area contributed by atoms with Gasteiger partial charge in [-0.1, -0.05) is 0 Å². The van der Waals surface area contributed by atoms with Crippen molar-refractivity contribution in [3.05, 3.63) is 30.1 Å². The van der Waals surface area contributed by atoms with Crippen LogP contribution in [0, 0.1) is 0 Å². The molecule has 0 amide bonds. The van der Waals surface area contributed by atoms with Gasteiger partial charge in [0.05, 0.1) is 7.11 Å². The minimum atomic E-state index is 0.866. The van der Waals surface area contributed by atoms with Crippen molar-refractivity contribution < 1.29 is 4.74 Å². The molecule has 4 heteroatoms. The third-order valence-corrected chi connectivity index (χ3v) is 2.96. The fourth-order valence-electron chi connectivity index (χ4n) is 2.10. The molecule has 0 bridgehead atoms. The molecule has 1 aromatic carbocycles. The second-order valence-electron chi connectivity index (χ2n) is 3.92. The van der Waals surface area contributed by atoms with Gasteiger partial charge in [0, 0.05) is 18.5 Å². The van der Waals surface area contributed by atoms with Crippen LogP contribution in [0.3, 0.4) is 0 Å². The van der Waals surface area contributed by atoms with Crippen molar-refractivity contribution >= 4 is 0 Å². The number of nitrogens with zero attached hydrogens (tertiary/aromatic N) is 3. The Bertz CT molecular complexity index is 501. The molecule has 82 valence electrons. The third kappa shape index (κ3) is 1.38. The molecule has 0 saturated carbocycles. The standard InChI is InChI=1S/C12H13N3O/c1-16-10-6-4-9(5-7-10)12-14-13-11-3-2-8-15(11)12/h4-7H,2-3,8H2,1H3. The van der Waals surface area contributed by atoms with Gasteiger partial charge in [-0.3, -0.25) is 0 Å². The van der Waals surface area contributed by atoms with Crippen molar-refractivity contribution in [1.82, 2.24) is 14.8 Å². The van der Waals surface area contributed by atoms with E-state index in [0.717, 1.165) is 35.9 Å². The van der Waals surface area contributed by atoms with Gasteiger partial charge in [0.2, 0.25) is 0 Å². The Balaban J connectivity index is 2.01. The zero-order valence-corrected chi connectivity index (χ0v) is 9.18. The Kier molecular flexibility index (Phi) is 2.13. The van der Waals surface area contributed by atoms with Crippen LogP contribution in [-0.4, -0.2) is 21.9 Å². The number of aryl methyl sites for hydroxylation is 1. The second kappa shape index (κ2) is 3.63. The third-order valence-electron chi connectivity index (χ3n) is 2.96. The summed E-state index contributed by atoms with van der Waals surface area (Å²) in [5, 5.41) is 8.43. The number of hydrogen-bond acceptors (Lipinski definition) is 3. The van der Waals surface area contributed by atoms with Crippen LogP contribution in [0.25, 0.3) is 11.4 Å². The van der Waals surface area contributed by atoms with Crippen molar-refractivity contribution in [1.29, 1.82) is 0 Å². The van der Waals surface area contributed by atoms with Gasteiger partial charge in [0.15, 0.2) is 5.82 Å². The van der Waals surface area contributed by atoms with Gasteiger partial charge in [0.25, 0.3) is 0 Å². The highest BCUT2D eigenvalue weighted by molar-refractivity contribution is 5.56. The first-order valence-corrected chi connectivity index (χ1v) is 5.45. The highest BCUT2D eigenvalue weighted by atomic mass is 16.5. The van der Waals surface area contributed by atoms with Gasteiger partial charge < -0.3 is 9.30 Å². The van der Waals surface area contributed by atoms with Crippen molar-refractivity contribution in [2.24, 2.45) is 0 Å². The van der Waals surface area contributed by atoms with Gasteiger partial charge in [-0.25, -0.2) is 0 Å². The monoisotopic (exact) mass is 215 g/mol. The number of ether oxygens (including phenoxy) is 1. The number of fused-ring (bicyclic) bond motifs is 1.